The van der Waals surface area contributed by atoms with Gasteiger partial charge in [0.1, 0.15) is 0 Å². The molecule has 0 aromatic rings. The lowest BCUT2D eigenvalue weighted by molar-refractivity contribution is -0.140. The van der Waals surface area contributed by atoms with Crippen LogP contribution in [0, 0.1) is 0 Å². The summed E-state index contributed by atoms with van der Waals surface area (Å²) in [4.78, 5) is 10.8. The summed E-state index contributed by atoms with van der Waals surface area (Å²) in [7, 11) is 3.12. The van der Waals surface area contributed by atoms with E-state index in [4.69, 9.17) is 4.74 Å². The minimum Gasteiger partial charge on any atom is -0.469 e. The number of nitrogens with one attached hydrogen (secondary N) is 1. The first-order chi connectivity index (χ1) is 7.20. The van der Waals surface area contributed by atoms with Crippen LogP contribution in [-0.2, 0) is 14.3 Å². The predicted molar refractivity (Wildman–Crippen MR) is 63.3 cm³/mol. The second-order valence-electron chi connectivity index (χ2n) is 3.25. The number of carbonyl (C=O) groups is 1. The van der Waals surface area contributed by atoms with Crippen molar-refractivity contribution in [3.8, 4) is 0 Å². The molecule has 0 spiro atoms. The van der Waals surface area contributed by atoms with Crippen molar-refractivity contribution in [2.24, 2.45) is 0 Å². The molecule has 0 aromatic heterocycles. The average molecular weight is 235 g/mol. The fourth-order valence-electron chi connectivity index (χ4n) is 1.05. The zero-order valence-corrected chi connectivity index (χ0v) is 10.6. The number of hydrogen-bond donors (Lipinski definition) is 1. The molecule has 0 aliphatic rings. The van der Waals surface area contributed by atoms with Crippen LogP contribution in [0.3, 0.4) is 0 Å². The number of esters is 1. The zero-order chi connectivity index (χ0) is 11.5. The van der Waals surface area contributed by atoms with Crippen LogP contribution >= 0.6 is 11.8 Å². The third kappa shape index (κ3) is 10.0. The summed E-state index contributed by atoms with van der Waals surface area (Å²) in [6.07, 6.45) is 0.495. The van der Waals surface area contributed by atoms with Gasteiger partial charge in [-0.05, 0) is 6.92 Å². The second kappa shape index (κ2) is 10.3. The highest BCUT2D eigenvalue weighted by atomic mass is 32.2. The van der Waals surface area contributed by atoms with E-state index in [1.54, 1.807) is 18.9 Å². The third-order valence-corrected chi connectivity index (χ3v) is 2.82. The SMILES string of the molecule is COCC(C)NCCSCCC(=O)OC. The van der Waals surface area contributed by atoms with Gasteiger partial charge in [-0.25, -0.2) is 0 Å². The van der Waals surface area contributed by atoms with Gasteiger partial charge in [0.15, 0.2) is 0 Å². The molecule has 0 fully saturated rings. The summed E-state index contributed by atoms with van der Waals surface area (Å²) >= 11 is 1.75. The van der Waals surface area contributed by atoms with Gasteiger partial charge >= 0.3 is 5.97 Å². The molecule has 0 heterocycles. The number of rotatable bonds is 9. The van der Waals surface area contributed by atoms with Crippen molar-refractivity contribution in [1.82, 2.24) is 5.32 Å². The van der Waals surface area contributed by atoms with Crippen LogP contribution in [-0.4, -0.2) is 50.9 Å². The Hall–Kier alpha value is -0.260. The Labute approximate surface area is 96.1 Å². The molecule has 0 radical (unpaired) electrons. The average Bonchev–Trinajstić information content (AvgIpc) is 2.23. The molecule has 0 aromatic carbocycles. The summed E-state index contributed by atoms with van der Waals surface area (Å²) in [5.41, 5.74) is 0. The van der Waals surface area contributed by atoms with Gasteiger partial charge in [0.25, 0.3) is 0 Å². The standard InChI is InChI=1S/C10H21NO3S/c1-9(8-13-2)11-5-7-15-6-4-10(12)14-3/h9,11H,4-8H2,1-3H3. The number of carbonyl (C=O) groups excluding carboxylic acids is 1. The van der Waals surface area contributed by atoms with Gasteiger partial charge in [0.2, 0.25) is 0 Å². The fourth-order valence-corrected chi connectivity index (χ4v) is 1.82. The molecular formula is C10H21NO3S. The quantitative estimate of drug-likeness (QED) is 0.475. The number of ether oxygens (including phenoxy) is 2. The predicted octanol–water partition coefficient (Wildman–Crippen LogP) is 0.907. The smallest absolute Gasteiger partial charge is 0.306 e. The maximum absolute atomic E-state index is 10.8. The summed E-state index contributed by atoms with van der Waals surface area (Å²) in [5, 5.41) is 3.32. The van der Waals surface area contributed by atoms with Crippen molar-refractivity contribution >= 4 is 17.7 Å². The monoisotopic (exact) mass is 235 g/mol. The lowest BCUT2D eigenvalue weighted by atomic mass is 10.4. The molecule has 0 saturated carbocycles. The summed E-state index contributed by atoms with van der Waals surface area (Å²) in [6.45, 7) is 3.76. The van der Waals surface area contributed by atoms with Crippen LogP contribution in [0.25, 0.3) is 0 Å². The molecule has 1 N–H and O–H groups in total. The van der Waals surface area contributed by atoms with Crippen LogP contribution in [0.4, 0.5) is 0 Å². The summed E-state index contributed by atoms with van der Waals surface area (Å²) < 4.78 is 9.54. The van der Waals surface area contributed by atoms with Gasteiger partial charge in [-0.3, -0.25) is 4.79 Å². The minimum atomic E-state index is -0.136. The molecule has 0 saturated heterocycles. The van der Waals surface area contributed by atoms with Gasteiger partial charge in [0, 0.05) is 31.2 Å². The molecule has 4 nitrogen and oxygen atoms in total. The van der Waals surface area contributed by atoms with E-state index in [0.29, 0.717) is 12.5 Å². The van der Waals surface area contributed by atoms with Crippen LogP contribution in [0.15, 0.2) is 0 Å². The Morgan fingerprint density at radius 3 is 2.73 bits per heavy atom. The van der Waals surface area contributed by atoms with Crippen LogP contribution in [0.1, 0.15) is 13.3 Å². The van der Waals surface area contributed by atoms with Gasteiger partial charge in [-0.2, -0.15) is 11.8 Å². The van der Waals surface area contributed by atoms with E-state index in [-0.39, 0.29) is 5.97 Å². The lowest BCUT2D eigenvalue weighted by Crippen LogP contribution is -2.31. The zero-order valence-electron chi connectivity index (χ0n) is 9.75. The van der Waals surface area contributed by atoms with E-state index in [9.17, 15) is 4.79 Å². The normalized spacial score (nSPS) is 12.5. The van der Waals surface area contributed by atoms with E-state index in [1.165, 1.54) is 7.11 Å². The van der Waals surface area contributed by atoms with E-state index < -0.39 is 0 Å². The first kappa shape index (κ1) is 14.7. The topological polar surface area (TPSA) is 47.6 Å². The van der Waals surface area contributed by atoms with E-state index in [2.05, 4.69) is 17.0 Å². The molecule has 0 amide bonds. The summed E-state index contributed by atoms with van der Waals surface area (Å²) in [6, 6.07) is 0.385. The highest BCUT2D eigenvalue weighted by Crippen LogP contribution is 2.01. The molecule has 5 heteroatoms. The van der Waals surface area contributed by atoms with Crippen molar-refractivity contribution < 1.29 is 14.3 Å². The van der Waals surface area contributed by atoms with Crippen LogP contribution in [0.2, 0.25) is 0 Å². The Balaban J connectivity index is 3.14. The maximum atomic E-state index is 10.8. The maximum Gasteiger partial charge on any atom is 0.306 e. The van der Waals surface area contributed by atoms with Crippen molar-refractivity contribution in [3.63, 3.8) is 0 Å². The van der Waals surface area contributed by atoms with E-state index in [0.717, 1.165) is 24.7 Å². The Bertz CT molecular complexity index is 167. The Morgan fingerprint density at radius 2 is 2.13 bits per heavy atom. The third-order valence-electron chi connectivity index (χ3n) is 1.83. The second-order valence-corrected chi connectivity index (χ2v) is 4.47. The van der Waals surface area contributed by atoms with Gasteiger partial charge < -0.3 is 14.8 Å². The minimum absolute atomic E-state index is 0.136. The largest absolute Gasteiger partial charge is 0.469 e. The van der Waals surface area contributed by atoms with Gasteiger partial charge in [-0.1, -0.05) is 0 Å². The Morgan fingerprint density at radius 1 is 1.40 bits per heavy atom. The van der Waals surface area contributed by atoms with Crippen LogP contribution in [0.5, 0.6) is 0 Å². The first-order valence-corrected chi connectivity index (χ1v) is 6.23. The van der Waals surface area contributed by atoms with E-state index in [1.807, 2.05) is 0 Å². The molecule has 1 unspecified atom stereocenters. The molecule has 0 aliphatic carbocycles. The van der Waals surface area contributed by atoms with Crippen molar-refractivity contribution in [3.05, 3.63) is 0 Å². The number of hydrogen-bond acceptors (Lipinski definition) is 5. The number of methoxy groups -OCH3 is 2. The summed E-state index contributed by atoms with van der Waals surface area (Å²) in [5.74, 6) is 1.70. The van der Waals surface area contributed by atoms with Crippen LogP contribution < -0.4 is 5.32 Å². The highest BCUT2D eigenvalue weighted by molar-refractivity contribution is 7.99. The molecule has 1 atom stereocenters. The molecule has 0 rings (SSSR count). The number of thioether (sulfide) groups is 1. The molecular weight excluding hydrogens is 214 g/mol. The molecule has 90 valence electrons. The Kier molecular flexibility index (Phi) is 10.1. The molecule has 15 heavy (non-hydrogen) atoms. The van der Waals surface area contributed by atoms with Gasteiger partial charge in [0.05, 0.1) is 20.1 Å². The first-order valence-electron chi connectivity index (χ1n) is 5.07. The molecule has 0 bridgehead atoms. The highest BCUT2D eigenvalue weighted by Gasteiger charge is 2.01. The van der Waals surface area contributed by atoms with Gasteiger partial charge in [-0.15, -0.1) is 0 Å². The van der Waals surface area contributed by atoms with Crippen molar-refractivity contribution in [2.75, 3.05) is 38.9 Å². The fraction of sp³-hybridized carbons (Fsp3) is 0.900. The molecule has 0 aliphatic heterocycles. The van der Waals surface area contributed by atoms with Crippen molar-refractivity contribution in [1.29, 1.82) is 0 Å². The van der Waals surface area contributed by atoms with E-state index >= 15 is 0 Å². The lowest BCUT2D eigenvalue weighted by Gasteiger charge is -2.11. The van der Waals surface area contributed by atoms with Crippen molar-refractivity contribution in [2.45, 2.75) is 19.4 Å².